The lowest BCUT2D eigenvalue weighted by molar-refractivity contribution is -0.134. The lowest BCUT2D eigenvalue weighted by Gasteiger charge is -2.33. The highest BCUT2D eigenvalue weighted by atomic mass is 16.5. The molecule has 1 aliphatic heterocycles. The Labute approximate surface area is 141 Å². The summed E-state index contributed by atoms with van der Waals surface area (Å²) in [6, 6.07) is 6.18. The molecule has 2 aromatic heterocycles. The summed E-state index contributed by atoms with van der Waals surface area (Å²) >= 11 is 0. The average Bonchev–Trinajstić information content (AvgIpc) is 3.04. The largest absolute Gasteiger partial charge is 0.369 e. The van der Waals surface area contributed by atoms with Crippen molar-refractivity contribution < 1.29 is 9.53 Å². The Kier molecular flexibility index (Phi) is 5.22. The summed E-state index contributed by atoms with van der Waals surface area (Å²) in [5, 5.41) is 4.41. The van der Waals surface area contributed by atoms with Gasteiger partial charge in [0, 0.05) is 52.3 Å². The van der Waals surface area contributed by atoms with Gasteiger partial charge in [-0.1, -0.05) is 6.07 Å². The molecule has 0 saturated carbocycles. The van der Waals surface area contributed by atoms with Crippen molar-refractivity contribution >= 4 is 5.91 Å². The van der Waals surface area contributed by atoms with Crippen molar-refractivity contribution in [2.24, 2.45) is 0 Å². The molecular formula is C17H23N5O2. The maximum absolute atomic E-state index is 11.6. The van der Waals surface area contributed by atoms with Gasteiger partial charge >= 0.3 is 0 Å². The van der Waals surface area contributed by atoms with Gasteiger partial charge in [0.15, 0.2) is 0 Å². The number of carbonyl (C=O) groups is 1. The van der Waals surface area contributed by atoms with Crippen LogP contribution in [0.25, 0.3) is 0 Å². The minimum atomic E-state index is -0.0290. The standard InChI is InChI=1S/C17H23N5O2/c1-20(2)17(23)13-24-12-16-11-21(9-14-4-3-6-18-8-14)10-15-5-7-19-22(15)16/h3-8,16H,9-13H2,1-2H3. The minimum absolute atomic E-state index is 0.0290. The Morgan fingerprint density at radius 2 is 2.25 bits per heavy atom. The summed E-state index contributed by atoms with van der Waals surface area (Å²) < 4.78 is 7.64. The molecule has 0 spiro atoms. The Balaban J connectivity index is 1.62. The molecule has 1 atom stereocenters. The third-order valence-corrected chi connectivity index (χ3v) is 4.12. The van der Waals surface area contributed by atoms with Gasteiger partial charge in [-0.25, -0.2) is 0 Å². The van der Waals surface area contributed by atoms with Crippen molar-refractivity contribution in [2.45, 2.75) is 19.1 Å². The van der Waals surface area contributed by atoms with E-state index in [2.05, 4.69) is 21.0 Å². The Bertz CT molecular complexity index is 671. The lowest BCUT2D eigenvalue weighted by Crippen LogP contribution is -2.39. The molecule has 3 rings (SSSR count). The van der Waals surface area contributed by atoms with Crippen LogP contribution < -0.4 is 0 Å². The Morgan fingerprint density at radius 3 is 3.00 bits per heavy atom. The summed E-state index contributed by atoms with van der Waals surface area (Å²) in [6.07, 6.45) is 5.50. The predicted molar refractivity (Wildman–Crippen MR) is 89.1 cm³/mol. The number of hydrogen-bond acceptors (Lipinski definition) is 5. The van der Waals surface area contributed by atoms with E-state index in [-0.39, 0.29) is 18.6 Å². The molecule has 1 unspecified atom stereocenters. The molecule has 24 heavy (non-hydrogen) atoms. The molecule has 0 fully saturated rings. The van der Waals surface area contributed by atoms with E-state index in [9.17, 15) is 4.79 Å². The van der Waals surface area contributed by atoms with Gasteiger partial charge in [0.2, 0.25) is 5.91 Å². The Hall–Kier alpha value is -2.25. The molecule has 0 saturated heterocycles. The zero-order chi connectivity index (χ0) is 16.9. The highest BCUT2D eigenvalue weighted by Crippen LogP contribution is 2.22. The third-order valence-electron chi connectivity index (χ3n) is 4.12. The molecule has 0 radical (unpaired) electrons. The summed E-state index contributed by atoms with van der Waals surface area (Å²) in [6.45, 7) is 3.09. The van der Waals surface area contributed by atoms with E-state index >= 15 is 0 Å². The Morgan fingerprint density at radius 1 is 1.38 bits per heavy atom. The predicted octanol–water partition coefficient (Wildman–Crippen LogP) is 0.940. The lowest BCUT2D eigenvalue weighted by atomic mass is 10.1. The molecule has 1 aliphatic rings. The zero-order valence-electron chi connectivity index (χ0n) is 14.1. The number of aromatic nitrogens is 3. The summed E-state index contributed by atoms with van der Waals surface area (Å²) in [5.41, 5.74) is 2.35. The monoisotopic (exact) mass is 329 g/mol. The quantitative estimate of drug-likeness (QED) is 0.789. The van der Waals surface area contributed by atoms with Crippen LogP contribution in [0, 0.1) is 0 Å². The number of likely N-dealkylation sites (N-methyl/N-ethyl adjacent to an activating group) is 1. The fourth-order valence-corrected chi connectivity index (χ4v) is 2.87. The van der Waals surface area contributed by atoms with Gasteiger partial charge in [-0.05, 0) is 17.7 Å². The van der Waals surface area contributed by atoms with Crippen molar-refractivity contribution in [3.8, 4) is 0 Å². The molecule has 0 N–H and O–H groups in total. The van der Waals surface area contributed by atoms with Crippen LogP contribution in [0.1, 0.15) is 17.3 Å². The van der Waals surface area contributed by atoms with E-state index in [0.29, 0.717) is 6.61 Å². The first-order valence-corrected chi connectivity index (χ1v) is 8.05. The average molecular weight is 329 g/mol. The van der Waals surface area contributed by atoms with Crippen molar-refractivity contribution in [1.82, 2.24) is 24.6 Å². The topological polar surface area (TPSA) is 63.5 Å². The van der Waals surface area contributed by atoms with Crippen molar-refractivity contribution in [3.63, 3.8) is 0 Å². The second-order valence-corrected chi connectivity index (χ2v) is 6.26. The molecule has 0 bridgehead atoms. The summed E-state index contributed by atoms with van der Waals surface area (Å²) in [7, 11) is 3.46. The fraction of sp³-hybridized carbons (Fsp3) is 0.471. The molecule has 2 aromatic rings. The van der Waals surface area contributed by atoms with Crippen LogP contribution in [0.4, 0.5) is 0 Å². The molecule has 0 aromatic carbocycles. The number of rotatable bonds is 6. The van der Waals surface area contributed by atoms with Crippen LogP contribution in [-0.2, 0) is 22.6 Å². The normalized spacial score (nSPS) is 17.5. The molecule has 7 nitrogen and oxygen atoms in total. The van der Waals surface area contributed by atoms with Crippen LogP contribution in [-0.4, -0.2) is 64.3 Å². The van der Waals surface area contributed by atoms with E-state index < -0.39 is 0 Å². The second-order valence-electron chi connectivity index (χ2n) is 6.26. The number of nitrogens with zero attached hydrogens (tertiary/aromatic N) is 5. The molecule has 128 valence electrons. The number of amides is 1. The molecular weight excluding hydrogens is 306 g/mol. The fourth-order valence-electron chi connectivity index (χ4n) is 2.87. The van der Waals surface area contributed by atoms with Crippen LogP contribution in [0.5, 0.6) is 0 Å². The van der Waals surface area contributed by atoms with E-state index in [1.165, 1.54) is 10.5 Å². The number of ether oxygens (including phenoxy) is 1. The van der Waals surface area contributed by atoms with Crippen LogP contribution in [0.3, 0.4) is 0 Å². The van der Waals surface area contributed by atoms with E-state index in [4.69, 9.17) is 4.74 Å². The van der Waals surface area contributed by atoms with Gasteiger partial charge < -0.3 is 9.64 Å². The smallest absolute Gasteiger partial charge is 0.248 e. The van der Waals surface area contributed by atoms with Crippen molar-refractivity contribution in [3.05, 3.63) is 48.0 Å². The van der Waals surface area contributed by atoms with E-state index in [0.717, 1.165) is 25.3 Å². The van der Waals surface area contributed by atoms with E-state index in [1.807, 2.05) is 29.2 Å². The van der Waals surface area contributed by atoms with Crippen LogP contribution in [0.2, 0.25) is 0 Å². The van der Waals surface area contributed by atoms with Gasteiger partial charge in [0.25, 0.3) is 0 Å². The van der Waals surface area contributed by atoms with Crippen LogP contribution in [0.15, 0.2) is 36.8 Å². The van der Waals surface area contributed by atoms with Gasteiger partial charge in [0.05, 0.1) is 18.3 Å². The first-order valence-electron chi connectivity index (χ1n) is 8.05. The summed E-state index contributed by atoms with van der Waals surface area (Å²) in [5.74, 6) is -0.0290. The number of pyridine rings is 1. The van der Waals surface area contributed by atoms with Gasteiger partial charge in [0.1, 0.15) is 6.61 Å². The maximum atomic E-state index is 11.6. The van der Waals surface area contributed by atoms with E-state index in [1.54, 1.807) is 20.3 Å². The highest BCUT2D eigenvalue weighted by molar-refractivity contribution is 5.76. The zero-order valence-corrected chi connectivity index (χ0v) is 14.1. The molecule has 3 heterocycles. The van der Waals surface area contributed by atoms with Crippen molar-refractivity contribution in [2.75, 3.05) is 33.9 Å². The first-order chi connectivity index (χ1) is 11.6. The second kappa shape index (κ2) is 7.55. The third kappa shape index (κ3) is 3.98. The van der Waals surface area contributed by atoms with Crippen LogP contribution >= 0.6 is 0 Å². The SMILES string of the molecule is CN(C)C(=O)COCC1CN(Cc2cccnc2)Cc2ccnn21. The number of hydrogen-bond donors (Lipinski definition) is 0. The highest BCUT2D eigenvalue weighted by Gasteiger charge is 2.26. The molecule has 0 aliphatic carbocycles. The minimum Gasteiger partial charge on any atom is -0.369 e. The van der Waals surface area contributed by atoms with Gasteiger partial charge in [-0.2, -0.15) is 5.10 Å². The van der Waals surface area contributed by atoms with Crippen molar-refractivity contribution in [1.29, 1.82) is 0 Å². The number of carbonyl (C=O) groups excluding carboxylic acids is 1. The number of fused-ring (bicyclic) bond motifs is 1. The molecule has 1 amide bonds. The molecule has 7 heteroatoms. The van der Waals surface area contributed by atoms with Gasteiger partial charge in [-0.15, -0.1) is 0 Å². The maximum Gasteiger partial charge on any atom is 0.248 e. The summed E-state index contributed by atoms with van der Waals surface area (Å²) in [4.78, 5) is 19.7. The van der Waals surface area contributed by atoms with Gasteiger partial charge in [-0.3, -0.25) is 19.4 Å². The first kappa shape index (κ1) is 16.6.